The molecule has 0 aliphatic heterocycles. The van der Waals surface area contributed by atoms with E-state index >= 15 is 0 Å². The van der Waals surface area contributed by atoms with E-state index in [0.29, 0.717) is 0 Å². The van der Waals surface area contributed by atoms with E-state index in [-0.39, 0.29) is 10.8 Å². The summed E-state index contributed by atoms with van der Waals surface area (Å²) in [4.78, 5) is 0. The number of rotatable bonds is 5. The highest BCUT2D eigenvalue weighted by Crippen LogP contribution is 2.15. The first-order chi connectivity index (χ1) is 6.74. The van der Waals surface area contributed by atoms with Gasteiger partial charge < -0.3 is 5.32 Å². The number of thiol groups is 1. The van der Waals surface area contributed by atoms with Crippen LogP contribution >= 0.6 is 24.2 Å². The topological polar surface area (TPSA) is 12.0 Å². The summed E-state index contributed by atoms with van der Waals surface area (Å²) in [7, 11) is 0. The maximum atomic E-state index is 12.8. The van der Waals surface area contributed by atoms with Crippen LogP contribution in [0.15, 0.2) is 18.2 Å². The zero-order valence-electron chi connectivity index (χ0n) is 7.76. The van der Waals surface area contributed by atoms with Gasteiger partial charge in [0, 0.05) is 12.3 Å². The maximum Gasteiger partial charge on any atom is 0.141 e. The van der Waals surface area contributed by atoms with Gasteiger partial charge in [0.25, 0.3) is 0 Å². The fourth-order valence-electron chi connectivity index (χ4n) is 1.13. The lowest BCUT2D eigenvalue weighted by atomic mass is 10.1. The summed E-state index contributed by atoms with van der Waals surface area (Å²) in [5, 5.41) is 3.40. The quantitative estimate of drug-likeness (QED) is 0.589. The van der Waals surface area contributed by atoms with Crippen LogP contribution in [0.3, 0.4) is 0 Å². The highest BCUT2D eigenvalue weighted by Gasteiger charge is 2.00. The monoisotopic (exact) mass is 233 g/mol. The summed E-state index contributed by atoms with van der Waals surface area (Å²) < 4.78 is 12.8. The molecule has 0 radical (unpaired) electrons. The molecule has 0 fully saturated rings. The van der Waals surface area contributed by atoms with Crippen molar-refractivity contribution in [2.24, 2.45) is 0 Å². The zero-order valence-corrected chi connectivity index (χ0v) is 9.41. The molecule has 0 heterocycles. The highest BCUT2D eigenvalue weighted by atomic mass is 35.5. The van der Waals surface area contributed by atoms with Gasteiger partial charge in [0.15, 0.2) is 0 Å². The predicted molar refractivity (Wildman–Crippen MR) is 61.8 cm³/mol. The minimum absolute atomic E-state index is 0.191. The number of hydrogen-bond donors (Lipinski definition) is 2. The van der Waals surface area contributed by atoms with E-state index in [4.69, 9.17) is 11.6 Å². The van der Waals surface area contributed by atoms with Gasteiger partial charge in [-0.25, -0.2) is 4.39 Å². The molecule has 1 aromatic rings. The molecule has 0 atom stereocenters. The van der Waals surface area contributed by atoms with E-state index < -0.39 is 0 Å². The molecule has 0 spiro atoms. The molecular weight excluding hydrogens is 221 g/mol. The molecule has 0 aliphatic carbocycles. The van der Waals surface area contributed by atoms with E-state index in [2.05, 4.69) is 17.9 Å². The van der Waals surface area contributed by atoms with E-state index in [1.807, 2.05) is 0 Å². The van der Waals surface area contributed by atoms with Crippen molar-refractivity contribution in [2.45, 2.75) is 6.42 Å². The Labute approximate surface area is 94.1 Å². The Balaban J connectivity index is 2.39. The molecule has 0 amide bonds. The van der Waals surface area contributed by atoms with Gasteiger partial charge in [-0.2, -0.15) is 12.6 Å². The Kier molecular flexibility index (Phi) is 5.30. The van der Waals surface area contributed by atoms with Gasteiger partial charge in [0.1, 0.15) is 5.82 Å². The van der Waals surface area contributed by atoms with Crippen molar-refractivity contribution in [3.8, 4) is 0 Å². The fourth-order valence-corrected chi connectivity index (χ4v) is 1.49. The van der Waals surface area contributed by atoms with Gasteiger partial charge in [-0.1, -0.05) is 17.7 Å². The minimum atomic E-state index is -0.362. The first-order valence-corrected chi connectivity index (χ1v) is 5.50. The number of benzene rings is 1. The lowest BCUT2D eigenvalue weighted by Gasteiger charge is -2.03. The Morgan fingerprint density at radius 3 is 2.79 bits per heavy atom. The number of nitrogens with one attached hydrogen (secondary N) is 1. The normalized spacial score (nSPS) is 10.5. The second-order valence-electron chi connectivity index (χ2n) is 2.97. The van der Waals surface area contributed by atoms with Crippen LogP contribution in [-0.4, -0.2) is 18.8 Å². The molecule has 0 aromatic heterocycles. The third-order valence-electron chi connectivity index (χ3n) is 1.86. The van der Waals surface area contributed by atoms with E-state index in [9.17, 15) is 4.39 Å². The van der Waals surface area contributed by atoms with Crippen LogP contribution < -0.4 is 5.32 Å². The third-order valence-corrected chi connectivity index (χ3v) is 2.38. The van der Waals surface area contributed by atoms with Crippen LogP contribution in [0.25, 0.3) is 0 Å². The Morgan fingerprint density at radius 1 is 1.36 bits per heavy atom. The summed E-state index contributed by atoms with van der Waals surface area (Å²) >= 11 is 9.72. The molecule has 0 saturated heterocycles. The van der Waals surface area contributed by atoms with Crippen molar-refractivity contribution < 1.29 is 4.39 Å². The van der Waals surface area contributed by atoms with Gasteiger partial charge in [-0.15, -0.1) is 0 Å². The predicted octanol–water partition coefficient (Wildman–Crippen LogP) is 2.54. The zero-order chi connectivity index (χ0) is 10.4. The maximum absolute atomic E-state index is 12.8. The summed E-state index contributed by atoms with van der Waals surface area (Å²) in [5.41, 5.74) is 1.04. The highest BCUT2D eigenvalue weighted by molar-refractivity contribution is 7.80. The Hall–Kier alpha value is -0.250. The van der Waals surface area contributed by atoms with E-state index in [1.54, 1.807) is 12.1 Å². The summed E-state index contributed by atoms with van der Waals surface area (Å²) in [6.45, 7) is 1.75. The molecular formula is C10H13ClFNS. The molecule has 0 saturated carbocycles. The lowest BCUT2D eigenvalue weighted by Crippen LogP contribution is -2.19. The van der Waals surface area contributed by atoms with Crippen LogP contribution in [0.2, 0.25) is 5.02 Å². The third kappa shape index (κ3) is 3.86. The fraction of sp³-hybridized carbons (Fsp3) is 0.400. The largest absolute Gasteiger partial charge is 0.316 e. The van der Waals surface area contributed by atoms with Gasteiger partial charge in [-0.05, 0) is 30.7 Å². The van der Waals surface area contributed by atoms with Crippen molar-refractivity contribution in [3.63, 3.8) is 0 Å². The summed E-state index contributed by atoms with van der Waals surface area (Å²) in [6.07, 6.45) is 0.855. The Bertz CT molecular complexity index is 293. The van der Waals surface area contributed by atoms with Gasteiger partial charge >= 0.3 is 0 Å². The SMILES string of the molecule is Fc1ccc(CCNCCS)cc1Cl. The van der Waals surface area contributed by atoms with E-state index in [0.717, 1.165) is 30.8 Å². The molecule has 14 heavy (non-hydrogen) atoms. The molecule has 1 rings (SSSR count). The van der Waals surface area contributed by atoms with E-state index in [1.165, 1.54) is 6.07 Å². The van der Waals surface area contributed by atoms with Crippen molar-refractivity contribution >= 4 is 24.2 Å². The van der Waals surface area contributed by atoms with Gasteiger partial charge in [0.2, 0.25) is 0 Å². The van der Waals surface area contributed by atoms with Crippen LogP contribution in [0.1, 0.15) is 5.56 Å². The van der Waals surface area contributed by atoms with Crippen molar-refractivity contribution in [1.29, 1.82) is 0 Å². The molecule has 4 heteroatoms. The first-order valence-electron chi connectivity index (χ1n) is 4.49. The molecule has 1 N–H and O–H groups in total. The lowest BCUT2D eigenvalue weighted by molar-refractivity contribution is 0.626. The Morgan fingerprint density at radius 2 is 2.14 bits per heavy atom. The molecule has 0 bridgehead atoms. The van der Waals surface area contributed by atoms with Crippen molar-refractivity contribution in [2.75, 3.05) is 18.8 Å². The molecule has 0 unspecified atom stereocenters. The minimum Gasteiger partial charge on any atom is -0.316 e. The molecule has 1 nitrogen and oxygen atoms in total. The second-order valence-corrected chi connectivity index (χ2v) is 3.83. The first kappa shape index (κ1) is 11.8. The summed E-state index contributed by atoms with van der Waals surface area (Å²) in [6, 6.07) is 4.82. The van der Waals surface area contributed by atoms with Crippen molar-refractivity contribution in [1.82, 2.24) is 5.32 Å². The molecule has 1 aromatic carbocycles. The van der Waals surface area contributed by atoms with Crippen LogP contribution in [0.4, 0.5) is 4.39 Å². The molecule has 0 aliphatic rings. The van der Waals surface area contributed by atoms with Crippen LogP contribution in [0, 0.1) is 5.82 Å². The van der Waals surface area contributed by atoms with Crippen LogP contribution in [-0.2, 0) is 6.42 Å². The standard InChI is InChI=1S/C10H13ClFNS/c11-9-7-8(1-2-10(9)12)3-4-13-5-6-14/h1-2,7,13-14H,3-6H2. The second kappa shape index (κ2) is 6.27. The number of hydrogen-bond acceptors (Lipinski definition) is 2. The van der Waals surface area contributed by atoms with Gasteiger partial charge in [-0.3, -0.25) is 0 Å². The average molecular weight is 234 g/mol. The average Bonchev–Trinajstić information content (AvgIpc) is 2.18. The molecule has 78 valence electrons. The summed E-state index contributed by atoms with van der Waals surface area (Å²) in [5.74, 6) is 0.461. The van der Waals surface area contributed by atoms with Gasteiger partial charge in [0.05, 0.1) is 5.02 Å². The smallest absolute Gasteiger partial charge is 0.141 e. The number of halogens is 2. The van der Waals surface area contributed by atoms with Crippen LogP contribution in [0.5, 0.6) is 0 Å². The van der Waals surface area contributed by atoms with Crippen molar-refractivity contribution in [3.05, 3.63) is 34.6 Å².